The summed E-state index contributed by atoms with van der Waals surface area (Å²) in [5, 5.41) is 0.232. The van der Waals surface area contributed by atoms with Crippen LogP contribution >= 0.6 is 11.6 Å². The van der Waals surface area contributed by atoms with Gasteiger partial charge in [0, 0.05) is 17.5 Å². The van der Waals surface area contributed by atoms with Crippen LogP contribution in [0.4, 0.5) is 4.39 Å². The maximum atomic E-state index is 14.1. The van der Waals surface area contributed by atoms with Crippen LogP contribution in [0, 0.1) is 11.7 Å². The number of alkyl halides is 1. The van der Waals surface area contributed by atoms with Gasteiger partial charge in [0.2, 0.25) is 0 Å². The lowest BCUT2D eigenvalue weighted by molar-refractivity contribution is 0.174. The lowest BCUT2D eigenvalue weighted by Gasteiger charge is -2.33. The lowest BCUT2D eigenvalue weighted by Crippen LogP contribution is -2.35. The number of ether oxygens (including phenoxy) is 1. The van der Waals surface area contributed by atoms with Crippen LogP contribution in [0.1, 0.15) is 25.3 Å². The smallest absolute Gasteiger partial charge is 0.169 e. The van der Waals surface area contributed by atoms with E-state index in [9.17, 15) is 4.39 Å². The summed E-state index contributed by atoms with van der Waals surface area (Å²) >= 11 is 6.13. The van der Waals surface area contributed by atoms with E-state index in [-0.39, 0.29) is 11.2 Å². The molecule has 0 radical (unpaired) electrons. The minimum absolute atomic E-state index is 0.232. The van der Waals surface area contributed by atoms with Crippen LogP contribution < -0.4 is 4.74 Å². The van der Waals surface area contributed by atoms with Crippen molar-refractivity contribution >= 4 is 11.6 Å². The molecule has 1 aromatic carbocycles. The van der Waals surface area contributed by atoms with E-state index in [0.717, 1.165) is 25.9 Å². The van der Waals surface area contributed by atoms with Crippen LogP contribution in [0.3, 0.4) is 0 Å². The van der Waals surface area contributed by atoms with Gasteiger partial charge in [-0.1, -0.05) is 12.1 Å². The fraction of sp³-hybridized carbons (Fsp3) is 0.600. The number of methoxy groups -OCH3 is 1. The second-order valence-corrected chi connectivity index (χ2v) is 5.91. The molecule has 0 saturated carbocycles. The Morgan fingerprint density at radius 3 is 2.68 bits per heavy atom. The van der Waals surface area contributed by atoms with Gasteiger partial charge in [-0.25, -0.2) is 4.39 Å². The quantitative estimate of drug-likeness (QED) is 0.783. The number of rotatable bonds is 4. The molecule has 106 valence electrons. The van der Waals surface area contributed by atoms with Crippen molar-refractivity contribution in [2.45, 2.75) is 31.7 Å². The molecular formula is C15H21ClFNO. The molecule has 1 saturated heterocycles. The van der Waals surface area contributed by atoms with Gasteiger partial charge < -0.3 is 4.74 Å². The zero-order chi connectivity index (χ0) is 13.8. The van der Waals surface area contributed by atoms with Crippen LogP contribution in [0.5, 0.6) is 5.75 Å². The zero-order valence-corrected chi connectivity index (χ0v) is 12.3. The minimum Gasteiger partial charge on any atom is -0.494 e. The summed E-state index contributed by atoms with van der Waals surface area (Å²) in [5.41, 5.74) is 0.705. The number of hydrogen-bond acceptors (Lipinski definition) is 2. The monoisotopic (exact) mass is 285 g/mol. The first-order valence-corrected chi connectivity index (χ1v) is 7.23. The van der Waals surface area contributed by atoms with Crippen LogP contribution in [0.2, 0.25) is 0 Å². The maximum absolute atomic E-state index is 14.1. The number of nitrogens with zero attached hydrogens (tertiary/aromatic N) is 1. The Balaban J connectivity index is 1.96. The van der Waals surface area contributed by atoms with Crippen molar-refractivity contribution in [3.63, 3.8) is 0 Å². The molecule has 1 aliphatic rings. The average Bonchev–Trinajstić information content (AvgIpc) is 2.42. The van der Waals surface area contributed by atoms with Gasteiger partial charge in [0.25, 0.3) is 0 Å². The van der Waals surface area contributed by atoms with Crippen molar-refractivity contribution in [3.05, 3.63) is 29.6 Å². The van der Waals surface area contributed by atoms with Crippen molar-refractivity contribution in [2.24, 2.45) is 5.92 Å². The molecule has 1 aromatic rings. The average molecular weight is 286 g/mol. The SMILES string of the molecule is COc1cccc(CN2CCC(C(C)Cl)CC2)c1F. The third kappa shape index (κ3) is 3.61. The summed E-state index contributed by atoms with van der Waals surface area (Å²) in [4.78, 5) is 2.29. The van der Waals surface area contributed by atoms with Gasteiger partial charge in [0.05, 0.1) is 7.11 Å². The molecule has 0 N–H and O–H groups in total. The molecule has 0 aromatic heterocycles. The maximum Gasteiger partial charge on any atom is 0.169 e. The highest BCUT2D eigenvalue weighted by molar-refractivity contribution is 6.20. The number of hydrogen-bond donors (Lipinski definition) is 0. The summed E-state index contributed by atoms with van der Waals surface area (Å²) in [7, 11) is 1.50. The summed E-state index contributed by atoms with van der Waals surface area (Å²) in [6.07, 6.45) is 2.19. The van der Waals surface area contributed by atoms with Gasteiger partial charge in [-0.3, -0.25) is 4.90 Å². The van der Waals surface area contributed by atoms with E-state index in [2.05, 4.69) is 11.8 Å². The molecule has 0 bridgehead atoms. The topological polar surface area (TPSA) is 12.5 Å². The number of halogens is 2. The Morgan fingerprint density at radius 1 is 1.42 bits per heavy atom. The molecule has 1 aliphatic heterocycles. The minimum atomic E-state index is -0.238. The third-order valence-corrected chi connectivity index (χ3v) is 4.30. The number of piperidine rings is 1. The number of benzene rings is 1. The Morgan fingerprint density at radius 2 is 2.11 bits per heavy atom. The lowest BCUT2D eigenvalue weighted by atomic mass is 9.94. The molecule has 19 heavy (non-hydrogen) atoms. The predicted molar refractivity (Wildman–Crippen MR) is 76.3 cm³/mol. The fourth-order valence-corrected chi connectivity index (χ4v) is 2.90. The molecule has 1 atom stereocenters. The Hall–Kier alpha value is -0.800. The molecule has 1 unspecified atom stereocenters. The zero-order valence-electron chi connectivity index (χ0n) is 11.5. The van der Waals surface area contributed by atoms with Crippen LogP contribution in [0.15, 0.2) is 18.2 Å². The van der Waals surface area contributed by atoms with E-state index in [1.54, 1.807) is 6.07 Å². The van der Waals surface area contributed by atoms with Crippen molar-refractivity contribution < 1.29 is 9.13 Å². The predicted octanol–water partition coefficient (Wildman–Crippen LogP) is 3.67. The molecule has 0 spiro atoms. The normalized spacial score (nSPS) is 19.4. The first kappa shape index (κ1) is 14.6. The van der Waals surface area contributed by atoms with Crippen molar-refractivity contribution in [3.8, 4) is 5.75 Å². The summed E-state index contributed by atoms with van der Waals surface area (Å²) in [6, 6.07) is 5.32. The van der Waals surface area contributed by atoms with Crippen LogP contribution in [-0.2, 0) is 6.54 Å². The molecule has 2 nitrogen and oxygen atoms in total. The summed E-state index contributed by atoms with van der Waals surface area (Å²) in [5.74, 6) is 0.674. The fourth-order valence-electron chi connectivity index (χ4n) is 2.65. The van der Waals surface area contributed by atoms with Gasteiger partial charge in [-0.2, -0.15) is 0 Å². The van der Waals surface area contributed by atoms with Gasteiger partial charge >= 0.3 is 0 Å². The largest absolute Gasteiger partial charge is 0.494 e. The highest BCUT2D eigenvalue weighted by atomic mass is 35.5. The van der Waals surface area contributed by atoms with Crippen LogP contribution in [0.25, 0.3) is 0 Å². The molecule has 4 heteroatoms. The van der Waals surface area contributed by atoms with E-state index >= 15 is 0 Å². The van der Waals surface area contributed by atoms with Crippen molar-refractivity contribution in [1.82, 2.24) is 4.90 Å². The standard InChI is InChI=1S/C15H21ClFNO/c1-11(16)12-6-8-18(9-7-12)10-13-4-3-5-14(19-2)15(13)17/h3-5,11-12H,6-10H2,1-2H3. The van der Waals surface area contributed by atoms with Gasteiger partial charge in [0.15, 0.2) is 11.6 Å². The van der Waals surface area contributed by atoms with Gasteiger partial charge in [0.1, 0.15) is 0 Å². The van der Waals surface area contributed by atoms with Crippen molar-refractivity contribution in [2.75, 3.05) is 20.2 Å². The van der Waals surface area contributed by atoms with Crippen LogP contribution in [-0.4, -0.2) is 30.5 Å². The second kappa shape index (κ2) is 6.58. The molecule has 0 amide bonds. The van der Waals surface area contributed by atoms with Crippen molar-refractivity contribution in [1.29, 1.82) is 0 Å². The molecule has 1 fully saturated rings. The van der Waals surface area contributed by atoms with Gasteiger partial charge in [-0.05, 0) is 44.8 Å². The first-order valence-electron chi connectivity index (χ1n) is 6.79. The molecule has 2 rings (SSSR count). The highest BCUT2D eigenvalue weighted by Crippen LogP contribution is 2.26. The third-order valence-electron chi connectivity index (χ3n) is 3.94. The summed E-state index contributed by atoms with van der Waals surface area (Å²) < 4.78 is 19.1. The highest BCUT2D eigenvalue weighted by Gasteiger charge is 2.23. The van der Waals surface area contributed by atoms with E-state index < -0.39 is 0 Å². The Labute approximate surface area is 119 Å². The molecule has 0 aliphatic carbocycles. The molecule has 1 heterocycles. The summed E-state index contributed by atoms with van der Waals surface area (Å²) in [6.45, 7) is 4.67. The number of likely N-dealkylation sites (tertiary alicyclic amines) is 1. The molecular weight excluding hydrogens is 265 g/mol. The van der Waals surface area contributed by atoms with E-state index in [4.69, 9.17) is 16.3 Å². The Bertz CT molecular complexity index is 417. The van der Waals surface area contributed by atoms with Gasteiger partial charge in [-0.15, -0.1) is 11.6 Å². The second-order valence-electron chi connectivity index (χ2n) is 5.22. The van der Waals surface area contributed by atoms with E-state index in [1.165, 1.54) is 7.11 Å². The first-order chi connectivity index (χ1) is 9.11. The van der Waals surface area contributed by atoms with E-state index in [1.807, 2.05) is 12.1 Å². The van der Waals surface area contributed by atoms with E-state index in [0.29, 0.717) is 23.8 Å². The Kier molecular flexibility index (Phi) is 5.06.